The fourth-order valence-electron chi connectivity index (χ4n) is 2.36. The molecule has 0 aromatic rings. The summed E-state index contributed by atoms with van der Waals surface area (Å²) in [5.41, 5.74) is 6.27. The van der Waals surface area contributed by atoms with Gasteiger partial charge in [-0.3, -0.25) is 0 Å². The molecule has 0 amide bonds. The van der Waals surface area contributed by atoms with Gasteiger partial charge < -0.3 is 14.6 Å². The number of hydrogen-bond acceptors (Lipinski definition) is 3. The molecule has 1 rings (SSSR count). The van der Waals surface area contributed by atoms with Crippen molar-refractivity contribution in [2.75, 3.05) is 13.2 Å². The average Bonchev–Trinajstić information content (AvgIpc) is 2.31. The second kappa shape index (κ2) is 6.91. The highest BCUT2D eigenvalue weighted by molar-refractivity contribution is 6.74. The molecule has 23 heavy (non-hydrogen) atoms. The van der Waals surface area contributed by atoms with Crippen molar-refractivity contribution < 1.29 is 8.85 Å². The lowest BCUT2D eigenvalue weighted by Crippen LogP contribution is -2.55. The molecular formula is C18H41NO2Si2. The lowest BCUT2D eigenvalue weighted by Gasteiger charge is -2.47. The van der Waals surface area contributed by atoms with Gasteiger partial charge in [0.1, 0.15) is 0 Å². The van der Waals surface area contributed by atoms with Gasteiger partial charge >= 0.3 is 0 Å². The number of hydrogen-bond donors (Lipinski definition) is 1. The van der Waals surface area contributed by atoms with Crippen LogP contribution in [0.25, 0.3) is 0 Å². The van der Waals surface area contributed by atoms with Crippen LogP contribution in [0.15, 0.2) is 0 Å². The summed E-state index contributed by atoms with van der Waals surface area (Å²) in [6.07, 6.45) is 1.08. The van der Waals surface area contributed by atoms with Crippen LogP contribution in [0.2, 0.25) is 36.3 Å². The topological polar surface area (TPSA) is 44.5 Å². The van der Waals surface area contributed by atoms with Crippen LogP contribution < -0.4 is 5.73 Å². The van der Waals surface area contributed by atoms with Crippen molar-refractivity contribution >= 4 is 16.6 Å². The highest BCUT2D eigenvalue weighted by Gasteiger charge is 2.44. The minimum absolute atomic E-state index is 0.258. The lowest BCUT2D eigenvalue weighted by atomic mass is 9.70. The zero-order valence-corrected chi connectivity index (χ0v) is 19.2. The zero-order valence-electron chi connectivity index (χ0n) is 17.2. The van der Waals surface area contributed by atoms with Crippen LogP contribution in [-0.4, -0.2) is 35.9 Å². The van der Waals surface area contributed by atoms with Crippen LogP contribution in [0.5, 0.6) is 0 Å². The van der Waals surface area contributed by atoms with Crippen LogP contribution in [0, 0.1) is 11.8 Å². The van der Waals surface area contributed by atoms with Crippen LogP contribution in [0.4, 0.5) is 0 Å². The normalized spacial score (nSPS) is 27.0. The maximum atomic E-state index is 6.41. The van der Waals surface area contributed by atoms with E-state index in [4.69, 9.17) is 14.6 Å². The van der Waals surface area contributed by atoms with Crippen LogP contribution >= 0.6 is 0 Å². The van der Waals surface area contributed by atoms with Gasteiger partial charge in [-0.15, -0.1) is 0 Å². The lowest BCUT2D eigenvalue weighted by molar-refractivity contribution is 0.0323. The summed E-state index contributed by atoms with van der Waals surface area (Å²) >= 11 is 0. The molecule has 138 valence electrons. The Bertz CT molecular complexity index is 397. The van der Waals surface area contributed by atoms with E-state index in [1.807, 2.05) is 0 Å². The van der Waals surface area contributed by atoms with E-state index in [-0.39, 0.29) is 16.1 Å². The summed E-state index contributed by atoms with van der Waals surface area (Å²) in [5.74, 6) is 1.04. The van der Waals surface area contributed by atoms with E-state index in [1.54, 1.807) is 0 Å². The van der Waals surface area contributed by atoms with E-state index >= 15 is 0 Å². The molecule has 3 atom stereocenters. The Balaban J connectivity index is 2.55. The highest BCUT2D eigenvalue weighted by Crippen LogP contribution is 2.41. The SMILES string of the molecule is CC(C)(C)[Si](C)(C)OCC1CC(N)C1CO[Si](C)(C)C(C)(C)C. The summed E-state index contributed by atoms with van der Waals surface area (Å²) in [6, 6.07) is 0.285. The third-order valence-electron chi connectivity index (χ3n) is 6.64. The molecule has 0 radical (unpaired) electrons. The van der Waals surface area contributed by atoms with Crippen LogP contribution in [-0.2, 0) is 8.85 Å². The zero-order chi connectivity index (χ0) is 18.3. The Kier molecular flexibility index (Phi) is 6.41. The fourth-order valence-corrected chi connectivity index (χ4v) is 4.46. The van der Waals surface area contributed by atoms with Gasteiger partial charge in [0.15, 0.2) is 16.6 Å². The van der Waals surface area contributed by atoms with Gasteiger partial charge in [-0.05, 0) is 48.6 Å². The first-order chi connectivity index (χ1) is 10.1. The maximum Gasteiger partial charge on any atom is 0.191 e. The van der Waals surface area contributed by atoms with Gasteiger partial charge in [0.25, 0.3) is 0 Å². The molecule has 3 unspecified atom stereocenters. The van der Waals surface area contributed by atoms with E-state index in [0.29, 0.717) is 11.8 Å². The van der Waals surface area contributed by atoms with E-state index in [2.05, 4.69) is 67.7 Å². The van der Waals surface area contributed by atoms with Crippen molar-refractivity contribution in [1.82, 2.24) is 0 Å². The van der Waals surface area contributed by atoms with Crippen molar-refractivity contribution in [3.05, 3.63) is 0 Å². The summed E-state index contributed by atoms with van der Waals surface area (Å²) in [6.45, 7) is 24.7. The van der Waals surface area contributed by atoms with Gasteiger partial charge in [-0.1, -0.05) is 41.5 Å². The van der Waals surface area contributed by atoms with Crippen molar-refractivity contribution in [3.8, 4) is 0 Å². The fraction of sp³-hybridized carbons (Fsp3) is 1.00. The third kappa shape index (κ3) is 5.14. The molecule has 0 saturated heterocycles. The molecule has 0 bridgehead atoms. The van der Waals surface area contributed by atoms with E-state index < -0.39 is 16.6 Å². The minimum atomic E-state index is -1.69. The minimum Gasteiger partial charge on any atom is -0.417 e. The van der Waals surface area contributed by atoms with E-state index in [0.717, 1.165) is 19.6 Å². The molecule has 3 nitrogen and oxygen atoms in total. The molecule has 0 aliphatic heterocycles. The molecule has 0 heterocycles. The van der Waals surface area contributed by atoms with E-state index in [1.165, 1.54) is 0 Å². The molecule has 1 saturated carbocycles. The van der Waals surface area contributed by atoms with Gasteiger partial charge in [0.05, 0.1) is 0 Å². The highest BCUT2D eigenvalue weighted by atomic mass is 28.4. The average molecular weight is 360 g/mol. The second-order valence-corrected chi connectivity index (χ2v) is 20.1. The standard InChI is InChI=1S/C18H41NO2Si2/c1-17(2,3)22(7,8)20-12-14-11-16(19)15(14)13-21-23(9,10)18(4,5)6/h14-16H,11-13,19H2,1-10H3. The first kappa shape index (κ1) is 21.4. The summed E-state index contributed by atoms with van der Waals surface area (Å²) in [5, 5.41) is 0.528. The molecular weight excluding hydrogens is 318 g/mol. The predicted molar refractivity (Wildman–Crippen MR) is 106 cm³/mol. The third-order valence-corrected chi connectivity index (χ3v) is 15.6. The molecule has 0 aromatic heterocycles. The summed E-state index contributed by atoms with van der Waals surface area (Å²) < 4.78 is 12.8. The Morgan fingerprint density at radius 3 is 1.57 bits per heavy atom. The van der Waals surface area contributed by atoms with Crippen molar-refractivity contribution in [2.45, 2.75) is 90.3 Å². The Morgan fingerprint density at radius 2 is 1.22 bits per heavy atom. The molecule has 0 spiro atoms. The molecule has 2 N–H and O–H groups in total. The smallest absolute Gasteiger partial charge is 0.191 e. The first-order valence-corrected chi connectivity index (χ1v) is 14.9. The number of nitrogens with two attached hydrogens (primary N) is 1. The second-order valence-electron chi connectivity index (χ2n) is 10.5. The molecule has 0 aromatic carbocycles. The van der Waals surface area contributed by atoms with Crippen molar-refractivity contribution in [1.29, 1.82) is 0 Å². The first-order valence-electron chi connectivity index (χ1n) is 9.12. The predicted octanol–water partition coefficient (Wildman–Crippen LogP) is 4.99. The Labute approximate surface area is 147 Å². The summed E-state index contributed by atoms with van der Waals surface area (Å²) in [4.78, 5) is 0. The van der Waals surface area contributed by atoms with E-state index in [9.17, 15) is 0 Å². The maximum absolute atomic E-state index is 6.41. The van der Waals surface area contributed by atoms with Crippen LogP contribution in [0.3, 0.4) is 0 Å². The Hall–Kier alpha value is 0.314. The Morgan fingerprint density at radius 1 is 0.826 bits per heavy atom. The van der Waals surface area contributed by atoms with Gasteiger partial charge in [0.2, 0.25) is 0 Å². The quantitative estimate of drug-likeness (QED) is 0.679. The molecule has 1 aliphatic rings. The monoisotopic (exact) mass is 359 g/mol. The van der Waals surface area contributed by atoms with Gasteiger partial charge in [-0.25, -0.2) is 0 Å². The number of rotatable bonds is 6. The largest absolute Gasteiger partial charge is 0.417 e. The summed E-state index contributed by atoms with van der Waals surface area (Å²) in [7, 11) is -3.35. The van der Waals surface area contributed by atoms with Gasteiger partial charge in [0, 0.05) is 25.2 Å². The molecule has 1 aliphatic carbocycles. The van der Waals surface area contributed by atoms with Crippen molar-refractivity contribution in [3.63, 3.8) is 0 Å². The molecule has 5 heteroatoms. The van der Waals surface area contributed by atoms with Crippen LogP contribution in [0.1, 0.15) is 48.0 Å². The van der Waals surface area contributed by atoms with Gasteiger partial charge in [-0.2, -0.15) is 0 Å². The van der Waals surface area contributed by atoms with Crippen molar-refractivity contribution in [2.24, 2.45) is 17.6 Å². The molecule has 1 fully saturated rings.